The first-order valence-electron chi connectivity index (χ1n) is 13.2. The van der Waals surface area contributed by atoms with E-state index in [1.807, 2.05) is 71.0 Å². The van der Waals surface area contributed by atoms with Crippen molar-refractivity contribution in [1.82, 2.24) is 10.2 Å². The minimum Gasteiger partial charge on any atom is -0.352 e. The lowest BCUT2D eigenvalue weighted by Gasteiger charge is -2.33. The minimum absolute atomic E-state index is 0.0537. The summed E-state index contributed by atoms with van der Waals surface area (Å²) in [7, 11) is -4.10. The number of hydrogen-bond donors (Lipinski definition) is 1. The fraction of sp³-hybridized carbons (Fsp3) is 0.355. The van der Waals surface area contributed by atoms with Gasteiger partial charge in [-0.3, -0.25) is 13.9 Å². The number of hydrogen-bond acceptors (Lipinski definition) is 4. The zero-order valence-electron chi connectivity index (χ0n) is 23.6. The first kappa shape index (κ1) is 29.9. The Labute approximate surface area is 232 Å². The van der Waals surface area contributed by atoms with E-state index in [4.69, 9.17) is 0 Å². The summed E-state index contributed by atoms with van der Waals surface area (Å²) in [6.07, 6.45) is 0.750. The molecule has 0 aliphatic carbocycles. The van der Waals surface area contributed by atoms with Crippen molar-refractivity contribution >= 4 is 27.5 Å². The second-order valence-electron chi connectivity index (χ2n) is 10.0. The molecule has 2 atom stereocenters. The molecule has 0 fully saturated rings. The van der Waals surface area contributed by atoms with E-state index in [0.29, 0.717) is 5.69 Å². The molecule has 3 aromatic rings. The third-order valence-electron chi connectivity index (χ3n) is 7.10. The third-order valence-corrected chi connectivity index (χ3v) is 8.87. The topological polar surface area (TPSA) is 86.8 Å². The fourth-order valence-corrected chi connectivity index (χ4v) is 5.66. The number of sulfonamides is 1. The van der Waals surface area contributed by atoms with Gasteiger partial charge in [0, 0.05) is 12.6 Å². The molecule has 2 amide bonds. The molecule has 3 rings (SSSR count). The molecule has 0 aromatic heterocycles. The van der Waals surface area contributed by atoms with Gasteiger partial charge in [0.05, 0.1) is 10.6 Å². The first-order valence-corrected chi connectivity index (χ1v) is 14.7. The number of anilines is 1. The van der Waals surface area contributed by atoms with Gasteiger partial charge in [-0.05, 0) is 75.9 Å². The maximum atomic E-state index is 14.0. The van der Waals surface area contributed by atoms with Gasteiger partial charge in [-0.1, -0.05) is 67.1 Å². The van der Waals surface area contributed by atoms with Crippen LogP contribution < -0.4 is 9.62 Å². The highest BCUT2D eigenvalue weighted by molar-refractivity contribution is 7.92. The van der Waals surface area contributed by atoms with E-state index in [9.17, 15) is 18.0 Å². The number of nitrogens with zero attached hydrogens (tertiary/aromatic N) is 2. The lowest BCUT2D eigenvalue weighted by Crippen LogP contribution is -2.52. The maximum Gasteiger partial charge on any atom is 0.264 e. The smallest absolute Gasteiger partial charge is 0.264 e. The third kappa shape index (κ3) is 7.26. The van der Waals surface area contributed by atoms with Crippen LogP contribution in [0.3, 0.4) is 0 Å². The molecule has 0 spiro atoms. The van der Waals surface area contributed by atoms with Crippen molar-refractivity contribution in [2.24, 2.45) is 0 Å². The van der Waals surface area contributed by atoms with Crippen LogP contribution in [0.2, 0.25) is 0 Å². The number of rotatable bonds is 11. The molecule has 8 heteroatoms. The molecule has 0 aliphatic rings. The van der Waals surface area contributed by atoms with Crippen molar-refractivity contribution in [3.05, 3.63) is 95.1 Å². The van der Waals surface area contributed by atoms with Crippen LogP contribution in [0.5, 0.6) is 0 Å². The molecule has 0 radical (unpaired) electrons. The number of carbonyl (C=O) groups excluding carboxylic acids is 2. The summed E-state index contributed by atoms with van der Waals surface area (Å²) in [6, 6.07) is 20.5. The molecule has 0 heterocycles. The van der Waals surface area contributed by atoms with E-state index in [-0.39, 0.29) is 23.4 Å². The average Bonchev–Trinajstić information content (AvgIpc) is 2.92. The van der Waals surface area contributed by atoms with Crippen molar-refractivity contribution < 1.29 is 18.0 Å². The number of amides is 2. The van der Waals surface area contributed by atoms with Crippen LogP contribution in [0.25, 0.3) is 0 Å². The van der Waals surface area contributed by atoms with E-state index in [0.717, 1.165) is 28.7 Å². The Kier molecular flexibility index (Phi) is 9.92. The molecule has 0 saturated heterocycles. The second kappa shape index (κ2) is 12.9. The van der Waals surface area contributed by atoms with Crippen LogP contribution in [0.15, 0.2) is 77.7 Å². The highest BCUT2D eigenvalue weighted by Gasteiger charge is 2.33. The number of aryl methyl sites for hydroxylation is 2. The molecule has 0 bridgehead atoms. The average molecular weight is 550 g/mol. The normalized spacial score (nSPS) is 12.9. The Morgan fingerprint density at radius 3 is 2.13 bits per heavy atom. The second-order valence-corrected chi connectivity index (χ2v) is 11.9. The standard InChI is InChI=1S/C31H39N3O4S/c1-7-24(4)32-31(36)26(6)33(20-27-13-9-8-10-14-27)30(35)21-34(29-15-11-12-23(3)25(29)5)39(37,38)28-18-16-22(2)17-19-28/h8-19,24,26H,7,20-21H2,1-6H3,(H,32,36)/t24-,26+/m0/s1. The van der Waals surface area contributed by atoms with Crippen LogP contribution >= 0.6 is 0 Å². The van der Waals surface area contributed by atoms with Crippen LogP contribution in [-0.4, -0.2) is 43.8 Å². The zero-order valence-corrected chi connectivity index (χ0v) is 24.5. The van der Waals surface area contributed by atoms with Crippen molar-refractivity contribution in [3.8, 4) is 0 Å². The Morgan fingerprint density at radius 1 is 0.872 bits per heavy atom. The Bertz CT molecular complexity index is 1390. The van der Waals surface area contributed by atoms with Gasteiger partial charge in [-0.15, -0.1) is 0 Å². The van der Waals surface area contributed by atoms with Crippen LogP contribution in [0.4, 0.5) is 5.69 Å². The molecule has 0 saturated carbocycles. The lowest BCUT2D eigenvalue weighted by atomic mass is 10.1. The summed E-state index contributed by atoms with van der Waals surface area (Å²) in [5, 5.41) is 2.95. The number of nitrogens with one attached hydrogen (secondary N) is 1. The molecule has 0 unspecified atom stereocenters. The van der Waals surface area contributed by atoms with Crippen molar-refractivity contribution in [3.63, 3.8) is 0 Å². The van der Waals surface area contributed by atoms with E-state index in [1.54, 1.807) is 43.3 Å². The van der Waals surface area contributed by atoms with Gasteiger partial charge in [-0.25, -0.2) is 8.42 Å². The summed E-state index contributed by atoms with van der Waals surface area (Å²) < 4.78 is 29.1. The number of carbonyl (C=O) groups is 2. The molecular formula is C31H39N3O4S. The zero-order chi connectivity index (χ0) is 28.7. The predicted molar refractivity (Wildman–Crippen MR) is 156 cm³/mol. The number of benzene rings is 3. The SMILES string of the molecule is CC[C@H](C)NC(=O)[C@@H](C)N(Cc1ccccc1)C(=O)CN(c1cccc(C)c1C)S(=O)(=O)c1ccc(C)cc1. The van der Waals surface area contributed by atoms with Gasteiger partial charge in [0.15, 0.2) is 0 Å². The van der Waals surface area contributed by atoms with Gasteiger partial charge in [0.25, 0.3) is 10.0 Å². The van der Waals surface area contributed by atoms with Crippen molar-refractivity contribution in [2.75, 3.05) is 10.8 Å². The molecule has 1 N–H and O–H groups in total. The molecular weight excluding hydrogens is 510 g/mol. The lowest BCUT2D eigenvalue weighted by molar-refractivity contribution is -0.139. The van der Waals surface area contributed by atoms with Gasteiger partial charge in [0.1, 0.15) is 12.6 Å². The maximum absolute atomic E-state index is 14.0. The summed E-state index contributed by atoms with van der Waals surface area (Å²) in [4.78, 5) is 28.7. The van der Waals surface area contributed by atoms with E-state index in [2.05, 4.69) is 5.32 Å². The van der Waals surface area contributed by atoms with E-state index >= 15 is 0 Å². The molecule has 39 heavy (non-hydrogen) atoms. The summed E-state index contributed by atoms with van der Waals surface area (Å²) >= 11 is 0. The molecule has 7 nitrogen and oxygen atoms in total. The van der Waals surface area contributed by atoms with Gasteiger partial charge >= 0.3 is 0 Å². The van der Waals surface area contributed by atoms with Gasteiger partial charge < -0.3 is 10.2 Å². The van der Waals surface area contributed by atoms with Gasteiger partial charge in [-0.2, -0.15) is 0 Å². The highest BCUT2D eigenvalue weighted by atomic mass is 32.2. The van der Waals surface area contributed by atoms with Crippen LogP contribution in [0.1, 0.15) is 49.4 Å². The van der Waals surface area contributed by atoms with Gasteiger partial charge in [0.2, 0.25) is 11.8 Å². The quantitative estimate of drug-likeness (QED) is 0.359. The van der Waals surface area contributed by atoms with E-state index < -0.39 is 28.5 Å². The van der Waals surface area contributed by atoms with Crippen molar-refractivity contribution in [1.29, 1.82) is 0 Å². The Balaban J connectivity index is 2.05. The Hall–Kier alpha value is -3.65. The minimum atomic E-state index is -4.10. The summed E-state index contributed by atoms with van der Waals surface area (Å²) in [6.45, 7) is 10.9. The monoisotopic (exact) mass is 549 g/mol. The fourth-order valence-electron chi connectivity index (χ4n) is 4.18. The Morgan fingerprint density at radius 2 is 1.51 bits per heavy atom. The highest BCUT2D eigenvalue weighted by Crippen LogP contribution is 2.29. The summed E-state index contributed by atoms with van der Waals surface area (Å²) in [5.74, 6) is -0.754. The predicted octanol–water partition coefficient (Wildman–Crippen LogP) is 5.14. The largest absolute Gasteiger partial charge is 0.352 e. The summed E-state index contributed by atoms with van der Waals surface area (Å²) in [5.41, 5.74) is 3.87. The van der Waals surface area contributed by atoms with Crippen LogP contribution in [-0.2, 0) is 26.2 Å². The van der Waals surface area contributed by atoms with Crippen LogP contribution in [0, 0.1) is 20.8 Å². The van der Waals surface area contributed by atoms with Crippen molar-refractivity contribution in [2.45, 2.75) is 71.5 Å². The molecule has 208 valence electrons. The molecule has 3 aromatic carbocycles. The molecule has 0 aliphatic heterocycles. The first-order chi connectivity index (χ1) is 18.4. The van der Waals surface area contributed by atoms with E-state index in [1.165, 1.54) is 9.21 Å².